The van der Waals surface area contributed by atoms with Gasteiger partial charge in [0.25, 0.3) is 0 Å². The van der Waals surface area contributed by atoms with Crippen molar-refractivity contribution in [1.29, 1.82) is 5.26 Å². The Bertz CT molecular complexity index is 883. The Morgan fingerprint density at radius 1 is 1.42 bits per heavy atom. The Morgan fingerprint density at radius 3 is 3.04 bits per heavy atom. The highest BCUT2D eigenvalue weighted by molar-refractivity contribution is 7.13. The molecule has 0 aromatic carbocycles. The van der Waals surface area contributed by atoms with Crippen molar-refractivity contribution < 1.29 is 0 Å². The fourth-order valence-electron chi connectivity index (χ4n) is 3.68. The molecule has 3 aromatic rings. The van der Waals surface area contributed by atoms with E-state index < -0.39 is 0 Å². The molecule has 2 N–H and O–H groups in total. The molecule has 0 bridgehead atoms. The third-order valence-electron chi connectivity index (χ3n) is 5.36. The van der Waals surface area contributed by atoms with Crippen LogP contribution in [0.2, 0.25) is 0 Å². The van der Waals surface area contributed by atoms with Crippen molar-refractivity contribution in [3.05, 3.63) is 29.3 Å². The van der Waals surface area contributed by atoms with Gasteiger partial charge in [-0.1, -0.05) is 32.8 Å². The maximum atomic E-state index is 9.31. The summed E-state index contributed by atoms with van der Waals surface area (Å²) in [5, 5.41) is 18.3. The number of hydrogen-bond donors (Lipinski definition) is 2. The van der Waals surface area contributed by atoms with Crippen molar-refractivity contribution in [3.8, 4) is 16.6 Å². The number of rotatable bonds is 3. The Labute approximate surface area is 145 Å². The van der Waals surface area contributed by atoms with Crippen molar-refractivity contribution in [2.45, 2.75) is 39.2 Å². The molecule has 1 aliphatic rings. The van der Waals surface area contributed by atoms with E-state index in [0.717, 1.165) is 22.3 Å². The fourth-order valence-corrected chi connectivity index (χ4v) is 4.40. The maximum Gasteiger partial charge on any atom is 0.173 e. The van der Waals surface area contributed by atoms with Crippen molar-refractivity contribution in [2.75, 3.05) is 5.32 Å². The molecule has 3 aromatic heterocycles. The second kappa shape index (κ2) is 5.99. The number of nitriles is 1. The van der Waals surface area contributed by atoms with Crippen LogP contribution in [0, 0.1) is 23.2 Å². The maximum absolute atomic E-state index is 9.31. The van der Waals surface area contributed by atoms with Crippen LogP contribution in [0.1, 0.15) is 38.7 Å². The number of nitrogens with zero attached hydrogens (tertiary/aromatic N) is 3. The van der Waals surface area contributed by atoms with E-state index in [1.165, 1.54) is 19.3 Å². The van der Waals surface area contributed by atoms with Crippen LogP contribution in [0.3, 0.4) is 0 Å². The number of hydrogen-bond acceptors (Lipinski definition) is 4. The molecule has 3 atom stereocenters. The minimum Gasteiger partial charge on any atom is -0.365 e. The first-order valence-corrected chi connectivity index (χ1v) is 9.37. The molecule has 0 aliphatic heterocycles. The molecule has 0 amide bonds. The summed E-state index contributed by atoms with van der Waals surface area (Å²) < 4.78 is 1.92. The molecule has 5 nitrogen and oxygen atoms in total. The van der Waals surface area contributed by atoms with E-state index in [1.807, 2.05) is 10.6 Å². The van der Waals surface area contributed by atoms with E-state index >= 15 is 0 Å². The van der Waals surface area contributed by atoms with Gasteiger partial charge in [-0.05, 0) is 29.7 Å². The Morgan fingerprint density at radius 2 is 2.29 bits per heavy atom. The second-order valence-electron chi connectivity index (χ2n) is 6.76. The van der Waals surface area contributed by atoms with Gasteiger partial charge in [0.2, 0.25) is 0 Å². The lowest BCUT2D eigenvalue weighted by Gasteiger charge is -2.35. The van der Waals surface area contributed by atoms with E-state index in [4.69, 9.17) is 4.98 Å². The van der Waals surface area contributed by atoms with E-state index in [9.17, 15) is 5.26 Å². The SMILES string of the molecule is C[C@H]1[C@H](C)CCC[C@@H]1Nc1c(-c2cccs2)nc2c(C#N)c[nH]n12. The molecular formula is C18H21N5S. The smallest absolute Gasteiger partial charge is 0.173 e. The molecule has 0 radical (unpaired) electrons. The Kier molecular flexibility index (Phi) is 3.81. The fraction of sp³-hybridized carbons (Fsp3) is 0.444. The highest BCUT2D eigenvalue weighted by Crippen LogP contribution is 2.36. The van der Waals surface area contributed by atoms with Gasteiger partial charge in [0.15, 0.2) is 11.5 Å². The molecule has 0 spiro atoms. The highest BCUT2D eigenvalue weighted by Gasteiger charge is 2.29. The molecule has 3 heterocycles. The average molecular weight is 339 g/mol. The zero-order valence-corrected chi connectivity index (χ0v) is 14.7. The molecule has 6 heteroatoms. The zero-order chi connectivity index (χ0) is 16.7. The van der Waals surface area contributed by atoms with Gasteiger partial charge >= 0.3 is 0 Å². The number of aromatic nitrogens is 3. The normalized spacial score (nSPS) is 24.1. The van der Waals surface area contributed by atoms with Crippen LogP contribution in [-0.4, -0.2) is 20.6 Å². The standard InChI is InChI=1S/C18H21N5S/c1-11-5-3-6-14(12(11)2)21-18-16(15-7-4-8-24-15)22-17-13(9-19)10-20-23(17)18/h4,7-8,10-12,14,20-21H,3,5-6H2,1-2H3/t11-,12+,14+/m1/s1. The van der Waals surface area contributed by atoms with Gasteiger partial charge in [-0.3, -0.25) is 5.10 Å². The average Bonchev–Trinajstić information content (AvgIpc) is 3.29. The molecule has 0 saturated heterocycles. The third kappa shape index (κ3) is 2.40. The van der Waals surface area contributed by atoms with Gasteiger partial charge in [0.1, 0.15) is 17.3 Å². The lowest BCUT2D eigenvalue weighted by molar-refractivity contribution is 0.252. The number of H-pyrrole nitrogens is 1. The van der Waals surface area contributed by atoms with Crippen LogP contribution in [-0.2, 0) is 0 Å². The minimum absolute atomic E-state index is 0.432. The molecular weight excluding hydrogens is 318 g/mol. The summed E-state index contributed by atoms with van der Waals surface area (Å²) in [6.07, 6.45) is 5.46. The largest absolute Gasteiger partial charge is 0.365 e. The summed E-state index contributed by atoms with van der Waals surface area (Å²) in [4.78, 5) is 5.87. The van der Waals surface area contributed by atoms with Crippen molar-refractivity contribution in [1.82, 2.24) is 14.6 Å². The number of nitrogens with one attached hydrogen (secondary N) is 2. The monoisotopic (exact) mass is 339 g/mol. The lowest BCUT2D eigenvalue weighted by atomic mass is 9.78. The van der Waals surface area contributed by atoms with Crippen LogP contribution in [0.15, 0.2) is 23.7 Å². The Balaban J connectivity index is 1.79. The van der Waals surface area contributed by atoms with Crippen LogP contribution < -0.4 is 5.32 Å². The molecule has 1 fully saturated rings. The van der Waals surface area contributed by atoms with Gasteiger partial charge in [-0.2, -0.15) is 5.26 Å². The predicted octanol–water partition coefficient (Wildman–Crippen LogP) is 4.50. The Hall–Kier alpha value is -2.26. The second-order valence-corrected chi connectivity index (χ2v) is 7.71. The number of thiophene rings is 1. The molecule has 24 heavy (non-hydrogen) atoms. The summed E-state index contributed by atoms with van der Waals surface area (Å²) in [7, 11) is 0. The first-order chi connectivity index (χ1) is 11.7. The van der Waals surface area contributed by atoms with E-state index in [-0.39, 0.29) is 0 Å². The summed E-state index contributed by atoms with van der Waals surface area (Å²) in [6.45, 7) is 4.67. The summed E-state index contributed by atoms with van der Waals surface area (Å²) in [5.41, 5.74) is 2.20. The first kappa shape index (κ1) is 15.3. The predicted molar refractivity (Wildman–Crippen MR) is 97.2 cm³/mol. The van der Waals surface area contributed by atoms with Crippen LogP contribution in [0.25, 0.3) is 16.2 Å². The third-order valence-corrected chi connectivity index (χ3v) is 6.24. The summed E-state index contributed by atoms with van der Waals surface area (Å²) >= 11 is 1.67. The van der Waals surface area contributed by atoms with Gasteiger partial charge in [-0.25, -0.2) is 9.50 Å². The number of fused-ring (bicyclic) bond motifs is 1. The van der Waals surface area contributed by atoms with Gasteiger partial charge < -0.3 is 5.32 Å². The quantitative estimate of drug-likeness (QED) is 0.738. The van der Waals surface area contributed by atoms with Crippen molar-refractivity contribution in [3.63, 3.8) is 0 Å². The van der Waals surface area contributed by atoms with Gasteiger partial charge in [0.05, 0.1) is 4.88 Å². The minimum atomic E-state index is 0.432. The van der Waals surface area contributed by atoms with Crippen LogP contribution in [0.4, 0.5) is 5.82 Å². The molecule has 124 valence electrons. The highest BCUT2D eigenvalue weighted by atomic mass is 32.1. The number of aromatic amines is 1. The number of anilines is 1. The molecule has 4 rings (SSSR count). The first-order valence-electron chi connectivity index (χ1n) is 8.49. The van der Waals surface area contributed by atoms with Crippen LogP contribution >= 0.6 is 11.3 Å². The zero-order valence-electron chi connectivity index (χ0n) is 13.9. The van der Waals surface area contributed by atoms with Crippen molar-refractivity contribution >= 4 is 22.8 Å². The van der Waals surface area contributed by atoms with E-state index in [1.54, 1.807) is 17.5 Å². The lowest BCUT2D eigenvalue weighted by Crippen LogP contribution is -2.35. The summed E-state index contributed by atoms with van der Waals surface area (Å²) in [6, 6.07) is 6.76. The topological polar surface area (TPSA) is 68.9 Å². The van der Waals surface area contributed by atoms with Gasteiger partial charge in [-0.15, -0.1) is 11.3 Å². The van der Waals surface area contributed by atoms with Gasteiger partial charge in [0, 0.05) is 12.2 Å². The summed E-state index contributed by atoms with van der Waals surface area (Å²) in [5.74, 6) is 2.31. The van der Waals surface area contributed by atoms with Crippen LogP contribution in [0.5, 0.6) is 0 Å². The molecule has 1 saturated carbocycles. The van der Waals surface area contributed by atoms with E-state index in [2.05, 4.69) is 41.8 Å². The van der Waals surface area contributed by atoms with E-state index in [0.29, 0.717) is 23.2 Å². The molecule has 0 unspecified atom stereocenters. The molecule has 1 aliphatic carbocycles. The van der Waals surface area contributed by atoms with Crippen molar-refractivity contribution in [2.24, 2.45) is 11.8 Å². The number of imidazole rings is 1.